The highest BCUT2D eigenvalue weighted by molar-refractivity contribution is 5.94. The predicted octanol–water partition coefficient (Wildman–Crippen LogP) is 1.55. The van der Waals surface area contributed by atoms with E-state index < -0.39 is 12.0 Å². The van der Waals surface area contributed by atoms with Crippen LogP contribution in [-0.4, -0.2) is 28.6 Å². The Hall–Kier alpha value is -2.27. The molecule has 1 heterocycles. The van der Waals surface area contributed by atoms with Crippen molar-refractivity contribution in [3.05, 3.63) is 65.7 Å². The zero-order chi connectivity index (χ0) is 14.4. The first-order chi connectivity index (χ1) is 9.69. The highest BCUT2D eigenvalue weighted by Gasteiger charge is 2.13. The molecule has 2 rings (SSSR count). The van der Waals surface area contributed by atoms with Crippen molar-refractivity contribution in [2.24, 2.45) is 0 Å². The number of hydrogen-bond acceptors (Lipinski definition) is 3. The summed E-state index contributed by atoms with van der Waals surface area (Å²) < 4.78 is 12.7. The van der Waals surface area contributed by atoms with Crippen molar-refractivity contribution in [3.63, 3.8) is 0 Å². The monoisotopic (exact) mass is 274 g/mol. The summed E-state index contributed by atoms with van der Waals surface area (Å²) in [5.41, 5.74) is 1.28. The zero-order valence-corrected chi connectivity index (χ0v) is 10.8. The van der Waals surface area contributed by atoms with Gasteiger partial charge in [-0.25, -0.2) is 4.98 Å². The van der Waals surface area contributed by atoms with Crippen LogP contribution in [0.2, 0.25) is 0 Å². The highest BCUT2D eigenvalue weighted by atomic mass is 19.1. The first-order valence-corrected chi connectivity index (χ1v) is 6.26. The third-order valence-electron chi connectivity index (χ3n) is 2.87. The van der Waals surface area contributed by atoms with E-state index in [1.54, 1.807) is 0 Å². The van der Waals surface area contributed by atoms with Gasteiger partial charge in [-0.2, -0.15) is 4.39 Å². The first-order valence-electron chi connectivity index (χ1n) is 6.26. The SMILES string of the molecule is O=C(N[C@H](CO)Cc1ccccc1)c1ccc(F)nc1. The second kappa shape index (κ2) is 6.77. The van der Waals surface area contributed by atoms with Crippen molar-refractivity contribution in [3.8, 4) is 0 Å². The number of nitrogens with one attached hydrogen (secondary N) is 1. The summed E-state index contributed by atoms with van der Waals surface area (Å²) in [6, 6.07) is 11.6. The summed E-state index contributed by atoms with van der Waals surface area (Å²) in [4.78, 5) is 15.4. The number of hydrogen-bond donors (Lipinski definition) is 2. The van der Waals surface area contributed by atoms with Crippen LogP contribution in [0.5, 0.6) is 0 Å². The van der Waals surface area contributed by atoms with Gasteiger partial charge in [-0.3, -0.25) is 4.79 Å². The molecule has 20 heavy (non-hydrogen) atoms. The fraction of sp³-hybridized carbons (Fsp3) is 0.200. The van der Waals surface area contributed by atoms with Gasteiger partial charge in [0.05, 0.1) is 18.2 Å². The van der Waals surface area contributed by atoms with Gasteiger partial charge in [-0.15, -0.1) is 0 Å². The Morgan fingerprint density at radius 2 is 2.00 bits per heavy atom. The van der Waals surface area contributed by atoms with E-state index in [-0.39, 0.29) is 18.1 Å². The summed E-state index contributed by atoms with van der Waals surface area (Å²) in [5.74, 6) is -1.02. The number of benzene rings is 1. The Morgan fingerprint density at radius 1 is 1.25 bits per heavy atom. The van der Waals surface area contributed by atoms with E-state index in [1.165, 1.54) is 12.3 Å². The molecule has 2 aromatic rings. The molecule has 4 nitrogen and oxygen atoms in total. The van der Waals surface area contributed by atoms with Crippen LogP contribution in [0.4, 0.5) is 4.39 Å². The molecule has 2 N–H and O–H groups in total. The van der Waals surface area contributed by atoms with E-state index in [4.69, 9.17) is 0 Å². The fourth-order valence-electron chi connectivity index (χ4n) is 1.84. The second-order valence-corrected chi connectivity index (χ2v) is 4.41. The summed E-state index contributed by atoms with van der Waals surface area (Å²) in [5, 5.41) is 12.0. The molecule has 0 aliphatic rings. The molecule has 0 saturated carbocycles. The summed E-state index contributed by atoms with van der Waals surface area (Å²) in [6.07, 6.45) is 1.69. The highest BCUT2D eigenvalue weighted by Crippen LogP contribution is 2.05. The summed E-state index contributed by atoms with van der Waals surface area (Å²) in [6.45, 7) is -0.171. The fourth-order valence-corrected chi connectivity index (χ4v) is 1.84. The standard InChI is InChI=1S/C15H15FN2O2/c16-14-7-6-12(9-17-14)15(20)18-13(10-19)8-11-4-2-1-3-5-11/h1-7,9,13,19H,8,10H2,(H,18,20)/t13-/m0/s1. The van der Waals surface area contributed by atoms with Gasteiger partial charge in [0.15, 0.2) is 0 Å². The normalized spacial score (nSPS) is 11.9. The third kappa shape index (κ3) is 3.86. The average Bonchev–Trinajstić information content (AvgIpc) is 2.48. The summed E-state index contributed by atoms with van der Waals surface area (Å²) in [7, 11) is 0. The quantitative estimate of drug-likeness (QED) is 0.813. The van der Waals surface area contributed by atoms with E-state index in [0.29, 0.717) is 6.42 Å². The molecule has 1 amide bonds. The molecule has 1 aromatic carbocycles. The van der Waals surface area contributed by atoms with Crippen molar-refractivity contribution < 1.29 is 14.3 Å². The maximum Gasteiger partial charge on any atom is 0.253 e. The largest absolute Gasteiger partial charge is 0.394 e. The van der Waals surface area contributed by atoms with Gasteiger partial charge >= 0.3 is 0 Å². The molecule has 0 radical (unpaired) electrons. The maximum atomic E-state index is 12.7. The number of halogens is 1. The van der Waals surface area contributed by atoms with Crippen molar-refractivity contribution in [1.29, 1.82) is 0 Å². The minimum Gasteiger partial charge on any atom is -0.394 e. The van der Waals surface area contributed by atoms with Crippen LogP contribution >= 0.6 is 0 Å². The smallest absolute Gasteiger partial charge is 0.253 e. The molecule has 0 saturated heterocycles. The zero-order valence-electron chi connectivity index (χ0n) is 10.8. The first kappa shape index (κ1) is 14.1. The minimum atomic E-state index is -0.635. The van der Waals surface area contributed by atoms with Gasteiger partial charge in [0.2, 0.25) is 5.95 Å². The topological polar surface area (TPSA) is 62.2 Å². The number of carbonyl (C=O) groups excluding carboxylic acids is 1. The number of aliphatic hydroxyl groups is 1. The molecule has 104 valence electrons. The van der Waals surface area contributed by atoms with Crippen LogP contribution in [0.3, 0.4) is 0 Å². The van der Waals surface area contributed by atoms with E-state index in [9.17, 15) is 14.3 Å². The lowest BCUT2D eigenvalue weighted by Gasteiger charge is -2.16. The maximum absolute atomic E-state index is 12.7. The molecule has 0 fully saturated rings. The van der Waals surface area contributed by atoms with Crippen LogP contribution in [0.1, 0.15) is 15.9 Å². The average molecular weight is 274 g/mol. The van der Waals surface area contributed by atoms with Gasteiger partial charge in [0.25, 0.3) is 5.91 Å². The molecule has 0 aliphatic heterocycles. The Balaban J connectivity index is 1.99. The second-order valence-electron chi connectivity index (χ2n) is 4.41. The van der Waals surface area contributed by atoms with Crippen molar-refractivity contribution in [2.45, 2.75) is 12.5 Å². The lowest BCUT2D eigenvalue weighted by atomic mass is 10.1. The molecular formula is C15H15FN2O2. The number of aromatic nitrogens is 1. The van der Waals surface area contributed by atoms with Crippen molar-refractivity contribution in [1.82, 2.24) is 10.3 Å². The number of aliphatic hydroxyl groups excluding tert-OH is 1. The van der Waals surface area contributed by atoms with Crippen molar-refractivity contribution in [2.75, 3.05) is 6.61 Å². The van der Waals surface area contributed by atoms with E-state index in [2.05, 4.69) is 10.3 Å². The number of nitrogens with zero attached hydrogens (tertiary/aromatic N) is 1. The molecule has 1 aromatic heterocycles. The van der Waals surface area contributed by atoms with Gasteiger partial charge in [-0.1, -0.05) is 30.3 Å². The Bertz CT molecular complexity index is 558. The number of pyridine rings is 1. The molecule has 0 bridgehead atoms. The van der Waals surface area contributed by atoms with Gasteiger partial charge in [0, 0.05) is 6.20 Å². The number of amides is 1. The molecule has 1 atom stereocenters. The molecule has 0 aliphatic carbocycles. The third-order valence-corrected chi connectivity index (χ3v) is 2.87. The molecule has 0 spiro atoms. The molecular weight excluding hydrogens is 259 g/mol. The number of rotatable bonds is 5. The van der Waals surface area contributed by atoms with Crippen LogP contribution in [-0.2, 0) is 6.42 Å². The molecule has 5 heteroatoms. The lowest BCUT2D eigenvalue weighted by molar-refractivity contribution is 0.0916. The Labute approximate surface area is 116 Å². The minimum absolute atomic E-state index is 0.171. The van der Waals surface area contributed by atoms with Crippen LogP contribution < -0.4 is 5.32 Å². The van der Waals surface area contributed by atoms with Gasteiger partial charge in [0.1, 0.15) is 0 Å². The van der Waals surface area contributed by atoms with Crippen LogP contribution in [0.25, 0.3) is 0 Å². The molecule has 0 unspecified atom stereocenters. The van der Waals surface area contributed by atoms with Crippen LogP contribution in [0, 0.1) is 5.95 Å². The Kier molecular flexibility index (Phi) is 4.79. The van der Waals surface area contributed by atoms with E-state index >= 15 is 0 Å². The van der Waals surface area contributed by atoms with Gasteiger partial charge in [-0.05, 0) is 24.1 Å². The number of carbonyl (C=O) groups is 1. The van der Waals surface area contributed by atoms with E-state index in [1.807, 2.05) is 30.3 Å². The lowest BCUT2D eigenvalue weighted by Crippen LogP contribution is -2.39. The Morgan fingerprint density at radius 3 is 2.60 bits per heavy atom. The van der Waals surface area contributed by atoms with Crippen LogP contribution in [0.15, 0.2) is 48.7 Å². The van der Waals surface area contributed by atoms with E-state index in [0.717, 1.165) is 11.6 Å². The van der Waals surface area contributed by atoms with Crippen molar-refractivity contribution >= 4 is 5.91 Å². The summed E-state index contributed by atoms with van der Waals surface area (Å²) >= 11 is 0. The predicted molar refractivity (Wildman–Crippen MR) is 72.7 cm³/mol. The van der Waals surface area contributed by atoms with Gasteiger partial charge < -0.3 is 10.4 Å².